The summed E-state index contributed by atoms with van der Waals surface area (Å²) in [5.74, 6) is -0.929. The van der Waals surface area contributed by atoms with Crippen LogP contribution in [-0.2, 0) is 4.79 Å². The number of hydrogen-bond acceptors (Lipinski definition) is 3. The molecule has 106 valence electrons. The number of aliphatic hydroxyl groups excluding tert-OH is 1. The number of carboxylic acids is 1. The highest BCUT2D eigenvalue weighted by Gasteiger charge is 2.32. The van der Waals surface area contributed by atoms with Gasteiger partial charge in [-0.15, -0.1) is 0 Å². The van der Waals surface area contributed by atoms with Crippen LogP contribution in [0, 0.1) is 0 Å². The van der Waals surface area contributed by atoms with Crippen molar-refractivity contribution >= 4 is 5.97 Å². The van der Waals surface area contributed by atoms with Gasteiger partial charge in [0, 0.05) is 12.3 Å². The Balaban J connectivity index is 2.04. The highest BCUT2D eigenvalue weighted by atomic mass is 16.4. The van der Waals surface area contributed by atoms with Crippen LogP contribution in [0.4, 0.5) is 0 Å². The average Bonchev–Trinajstić information content (AvgIpc) is 2.46. The van der Waals surface area contributed by atoms with E-state index < -0.39 is 17.7 Å². The standard InChI is InChI=1S/C16H18O4/c17-14(6-7-15(18)19)16(20)10-8-13(9-11-16)12-4-2-1-3-5-12/h1-5,8-11,13-14,17,20H,6-7H2,(H,18,19). The van der Waals surface area contributed by atoms with Crippen molar-refractivity contribution < 1.29 is 20.1 Å². The third-order valence-electron chi connectivity index (χ3n) is 3.49. The van der Waals surface area contributed by atoms with Gasteiger partial charge in [0.2, 0.25) is 0 Å². The van der Waals surface area contributed by atoms with Crippen molar-refractivity contribution in [1.82, 2.24) is 0 Å². The first-order chi connectivity index (χ1) is 9.51. The molecule has 1 atom stereocenters. The first kappa shape index (κ1) is 14.5. The number of aliphatic hydroxyl groups is 2. The topological polar surface area (TPSA) is 77.8 Å². The molecule has 0 radical (unpaired) electrons. The second-order valence-corrected chi connectivity index (χ2v) is 4.99. The van der Waals surface area contributed by atoms with Crippen molar-refractivity contribution in [2.24, 2.45) is 0 Å². The maximum absolute atomic E-state index is 10.5. The Labute approximate surface area is 117 Å². The van der Waals surface area contributed by atoms with Crippen molar-refractivity contribution in [2.75, 3.05) is 0 Å². The number of rotatable bonds is 5. The zero-order valence-corrected chi connectivity index (χ0v) is 11.0. The number of hydrogen-bond donors (Lipinski definition) is 3. The maximum Gasteiger partial charge on any atom is 0.303 e. The van der Waals surface area contributed by atoms with Crippen molar-refractivity contribution in [3.05, 3.63) is 60.2 Å². The van der Waals surface area contributed by atoms with Gasteiger partial charge in [0.1, 0.15) is 5.60 Å². The molecule has 0 saturated carbocycles. The molecular formula is C16H18O4. The van der Waals surface area contributed by atoms with Crippen LogP contribution in [-0.4, -0.2) is 33.0 Å². The second kappa shape index (κ2) is 6.03. The van der Waals surface area contributed by atoms with Crippen molar-refractivity contribution in [3.63, 3.8) is 0 Å². The van der Waals surface area contributed by atoms with Gasteiger partial charge in [0.15, 0.2) is 0 Å². The molecule has 0 spiro atoms. The minimum absolute atomic E-state index is 0.0104. The molecule has 0 aliphatic heterocycles. The molecule has 0 amide bonds. The molecule has 1 aromatic rings. The van der Waals surface area contributed by atoms with Crippen molar-refractivity contribution in [2.45, 2.75) is 30.5 Å². The summed E-state index contributed by atoms with van der Waals surface area (Å²) in [5.41, 5.74) is -0.386. The van der Waals surface area contributed by atoms with Crippen LogP contribution in [0.2, 0.25) is 0 Å². The lowest BCUT2D eigenvalue weighted by molar-refractivity contribution is -0.138. The zero-order valence-electron chi connectivity index (χ0n) is 11.0. The highest BCUT2D eigenvalue weighted by molar-refractivity contribution is 5.66. The van der Waals surface area contributed by atoms with E-state index in [0.29, 0.717) is 0 Å². The number of carbonyl (C=O) groups is 1. The summed E-state index contributed by atoms with van der Waals surface area (Å²) < 4.78 is 0. The number of allylic oxidation sites excluding steroid dienone is 2. The number of carboxylic acid groups (broad SMARTS) is 1. The molecule has 20 heavy (non-hydrogen) atoms. The van der Waals surface area contributed by atoms with Gasteiger partial charge in [0.25, 0.3) is 0 Å². The molecule has 4 heteroatoms. The molecular weight excluding hydrogens is 256 g/mol. The highest BCUT2D eigenvalue weighted by Crippen LogP contribution is 2.29. The van der Waals surface area contributed by atoms with Crippen LogP contribution >= 0.6 is 0 Å². The van der Waals surface area contributed by atoms with E-state index in [1.165, 1.54) is 12.2 Å². The monoisotopic (exact) mass is 274 g/mol. The first-order valence-corrected chi connectivity index (χ1v) is 6.57. The van der Waals surface area contributed by atoms with E-state index in [1.54, 1.807) is 0 Å². The normalized spacial score (nSPS) is 26.4. The first-order valence-electron chi connectivity index (χ1n) is 6.57. The second-order valence-electron chi connectivity index (χ2n) is 4.99. The van der Waals surface area contributed by atoms with E-state index in [2.05, 4.69) is 0 Å². The van der Waals surface area contributed by atoms with Crippen molar-refractivity contribution in [1.29, 1.82) is 0 Å². The summed E-state index contributed by atoms with van der Waals surface area (Å²) in [5, 5.41) is 28.8. The quantitative estimate of drug-likeness (QED) is 0.716. The van der Waals surface area contributed by atoms with E-state index in [1.807, 2.05) is 42.5 Å². The molecule has 1 aliphatic rings. The fourth-order valence-electron chi connectivity index (χ4n) is 2.25. The minimum atomic E-state index is -1.49. The van der Waals surface area contributed by atoms with E-state index >= 15 is 0 Å². The SMILES string of the molecule is O=C(O)CCC(O)C1(O)C=CC(c2ccccc2)C=C1. The lowest BCUT2D eigenvalue weighted by Crippen LogP contribution is -2.40. The average molecular weight is 274 g/mol. The van der Waals surface area contributed by atoms with Crippen LogP contribution < -0.4 is 0 Å². The van der Waals surface area contributed by atoms with Crippen LogP contribution in [0.1, 0.15) is 24.3 Å². The Bertz CT molecular complexity index is 505. The zero-order chi connectivity index (χ0) is 14.6. The smallest absolute Gasteiger partial charge is 0.303 e. The van der Waals surface area contributed by atoms with Gasteiger partial charge in [0.05, 0.1) is 6.10 Å². The lowest BCUT2D eigenvalue weighted by atomic mass is 9.84. The Kier molecular flexibility index (Phi) is 4.37. The molecule has 3 N–H and O–H groups in total. The van der Waals surface area contributed by atoms with E-state index in [0.717, 1.165) is 5.56 Å². The molecule has 1 unspecified atom stereocenters. The predicted octanol–water partition coefficient (Wildman–Crippen LogP) is 1.85. The van der Waals surface area contributed by atoms with Crippen LogP contribution in [0.3, 0.4) is 0 Å². The van der Waals surface area contributed by atoms with Gasteiger partial charge >= 0.3 is 5.97 Å². The third kappa shape index (κ3) is 3.35. The Morgan fingerprint density at radius 1 is 1.20 bits per heavy atom. The maximum atomic E-state index is 10.5. The Hall–Kier alpha value is -1.91. The van der Waals surface area contributed by atoms with Gasteiger partial charge in [-0.3, -0.25) is 4.79 Å². The fourth-order valence-corrected chi connectivity index (χ4v) is 2.25. The predicted molar refractivity (Wildman–Crippen MR) is 75.3 cm³/mol. The fraction of sp³-hybridized carbons (Fsp3) is 0.312. The number of aliphatic carboxylic acids is 1. The molecule has 0 fully saturated rings. The summed E-state index contributed by atoms with van der Waals surface area (Å²) in [6.07, 6.45) is 5.43. The van der Waals surface area contributed by atoms with Gasteiger partial charge < -0.3 is 15.3 Å². The van der Waals surface area contributed by atoms with E-state index in [9.17, 15) is 15.0 Å². The summed E-state index contributed by atoms with van der Waals surface area (Å²) >= 11 is 0. The molecule has 0 aromatic heterocycles. The van der Waals surface area contributed by atoms with Crippen LogP contribution in [0.5, 0.6) is 0 Å². The summed E-state index contributed by atoms with van der Waals surface area (Å²) in [6, 6.07) is 9.81. The van der Waals surface area contributed by atoms with Crippen LogP contribution in [0.15, 0.2) is 54.6 Å². The van der Waals surface area contributed by atoms with Gasteiger partial charge in [-0.1, -0.05) is 42.5 Å². The molecule has 0 heterocycles. The number of benzene rings is 1. The molecule has 0 saturated heterocycles. The molecule has 2 rings (SSSR count). The summed E-state index contributed by atoms with van der Waals surface area (Å²) in [7, 11) is 0. The van der Waals surface area contributed by atoms with E-state index in [-0.39, 0.29) is 18.8 Å². The third-order valence-corrected chi connectivity index (χ3v) is 3.49. The summed E-state index contributed by atoms with van der Waals surface area (Å²) in [4.78, 5) is 10.5. The van der Waals surface area contributed by atoms with Crippen molar-refractivity contribution in [3.8, 4) is 0 Å². The molecule has 0 bridgehead atoms. The van der Waals surface area contributed by atoms with Gasteiger partial charge in [-0.05, 0) is 24.1 Å². The molecule has 4 nitrogen and oxygen atoms in total. The van der Waals surface area contributed by atoms with Crippen LogP contribution in [0.25, 0.3) is 0 Å². The molecule has 1 aromatic carbocycles. The lowest BCUT2D eigenvalue weighted by Gasteiger charge is -2.30. The minimum Gasteiger partial charge on any atom is -0.481 e. The molecule has 1 aliphatic carbocycles. The Morgan fingerprint density at radius 3 is 2.35 bits per heavy atom. The largest absolute Gasteiger partial charge is 0.481 e. The van der Waals surface area contributed by atoms with Gasteiger partial charge in [-0.2, -0.15) is 0 Å². The summed E-state index contributed by atoms with van der Waals surface area (Å²) in [6.45, 7) is 0. The van der Waals surface area contributed by atoms with Gasteiger partial charge in [-0.25, -0.2) is 0 Å². The Morgan fingerprint density at radius 2 is 1.80 bits per heavy atom. The van der Waals surface area contributed by atoms with E-state index in [4.69, 9.17) is 5.11 Å².